The molecule has 0 aliphatic heterocycles. The number of hydrogen-bond acceptors (Lipinski definition) is 3. The molecule has 3 nitrogen and oxygen atoms in total. The Morgan fingerprint density at radius 2 is 1.50 bits per heavy atom. The summed E-state index contributed by atoms with van der Waals surface area (Å²) in [5.41, 5.74) is 3.20. The van der Waals surface area contributed by atoms with Crippen LogP contribution in [0.3, 0.4) is 0 Å². The van der Waals surface area contributed by atoms with E-state index in [1.165, 1.54) is 7.11 Å². The number of rotatable bonds is 5. The molecule has 22 heavy (non-hydrogen) atoms. The van der Waals surface area contributed by atoms with Crippen LogP contribution in [0.2, 0.25) is 0 Å². The second kappa shape index (κ2) is 7.36. The maximum Gasteiger partial charge on any atom is 0.337 e. The highest BCUT2D eigenvalue weighted by Crippen LogP contribution is 2.15. The third-order valence-corrected chi connectivity index (χ3v) is 3.45. The van der Waals surface area contributed by atoms with Crippen molar-refractivity contribution in [3.05, 3.63) is 77.4 Å². The largest absolute Gasteiger partial charge is 0.465 e. The summed E-state index contributed by atoms with van der Waals surface area (Å²) >= 11 is 0. The van der Waals surface area contributed by atoms with Crippen LogP contribution in [0.1, 0.15) is 39.6 Å². The lowest BCUT2D eigenvalue weighted by Crippen LogP contribution is -2.03. The van der Waals surface area contributed by atoms with Gasteiger partial charge in [0.1, 0.15) is 0 Å². The van der Waals surface area contributed by atoms with Gasteiger partial charge in [-0.3, -0.25) is 4.79 Å². The monoisotopic (exact) mass is 294 g/mol. The standard InChI is InChI=1S/C19H18O3/c1-14(15-6-4-3-5-7-15)8-13-18(20)16-9-11-17(12-10-16)19(21)22-2/h3-12H,13H2,1-2H3/b14-8+. The lowest BCUT2D eigenvalue weighted by molar-refractivity contribution is 0.0600. The Hall–Kier alpha value is -2.68. The van der Waals surface area contributed by atoms with Gasteiger partial charge in [0.15, 0.2) is 5.78 Å². The number of methoxy groups -OCH3 is 1. The molecule has 0 aliphatic carbocycles. The smallest absolute Gasteiger partial charge is 0.337 e. The van der Waals surface area contributed by atoms with E-state index in [4.69, 9.17) is 0 Å². The fourth-order valence-electron chi connectivity index (χ4n) is 2.09. The molecule has 0 heterocycles. The third kappa shape index (κ3) is 3.92. The van der Waals surface area contributed by atoms with E-state index in [9.17, 15) is 9.59 Å². The minimum atomic E-state index is -0.404. The Morgan fingerprint density at radius 1 is 0.909 bits per heavy atom. The number of carbonyl (C=O) groups is 2. The van der Waals surface area contributed by atoms with Crippen LogP contribution < -0.4 is 0 Å². The second-order valence-corrected chi connectivity index (χ2v) is 4.95. The van der Waals surface area contributed by atoms with Gasteiger partial charge in [-0.2, -0.15) is 0 Å². The van der Waals surface area contributed by atoms with Crippen molar-refractivity contribution < 1.29 is 14.3 Å². The average molecular weight is 294 g/mol. The molecule has 0 fully saturated rings. The summed E-state index contributed by atoms with van der Waals surface area (Å²) < 4.78 is 4.63. The van der Waals surface area contributed by atoms with E-state index in [2.05, 4.69) is 4.74 Å². The maximum absolute atomic E-state index is 12.2. The van der Waals surface area contributed by atoms with E-state index in [-0.39, 0.29) is 5.78 Å². The van der Waals surface area contributed by atoms with E-state index >= 15 is 0 Å². The van der Waals surface area contributed by atoms with Gasteiger partial charge in [0.25, 0.3) is 0 Å². The highest BCUT2D eigenvalue weighted by molar-refractivity contribution is 5.98. The summed E-state index contributed by atoms with van der Waals surface area (Å²) in [7, 11) is 1.33. The molecule has 0 atom stereocenters. The van der Waals surface area contributed by atoms with E-state index < -0.39 is 5.97 Å². The van der Waals surface area contributed by atoms with E-state index in [0.717, 1.165) is 11.1 Å². The minimum absolute atomic E-state index is 0.0201. The first-order valence-electron chi connectivity index (χ1n) is 7.05. The van der Waals surface area contributed by atoms with Crippen molar-refractivity contribution in [1.82, 2.24) is 0 Å². The van der Waals surface area contributed by atoms with Gasteiger partial charge >= 0.3 is 5.97 Å². The first-order chi connectivity index (χ1) is 10.6. The molecule has 0 spiro atoms. The molecule has 0 aliphatic rings. The molecule has 0 saturated carbocycles. The van der Waals surface area contributed by atoms with Crippen molar-refractivity contribution in [2.24, 2.45) is 0 Å². The number of ether oxygens (including phenoxy) is 1. The minimum Gasteiger partial charge on any atom is -0.465 e. The number of hydrogen-bond donors (Lipinski definition) is 0. The lowest BCUT2D eigenvalue weighted by Gasteiger charge is -2.03. The predicted molar refractivity (Wildman–Crippen MR) is 86.8 cm³/mol. The highest BCUT2D eigenvalue weighted by atomic mass is 16.5. The number of benzene rings is 2. The third-order valence-electron chi connectivity index (χ3n) is 3.45. The van der Waals surface area contributed by atoms with Crippen molar-refractivity contribution >= 4 is 17.3 Å². The Kier molecular flexibility index (Phi) is 5.26. The van der Waals surface area contributed by atoms with Crippen LogP contribution >= 0.6 is 0 Å². The molecule has 0 N–H and O–H groups in total. The molecular weight excluding hydrogens is 276 g/mol. The molecule has 2 aromatic carbocycles. The zero-order valence-corrected chi connectivity index (χ0v) is 12.7. The summed E-state index contributed by atoms with van der Waals surface area (Å²) in [6.07, 6.45) is 2.25. The lowest BCUT2D eigenvalue weighted by atomic mass is 10.0. The molecule has 2 rings (SSSR count). The molecule has 0 unspecified atom stereocenters. The van der Waals surface area contributed by atoms with Gasteiger partial charge in [-0.15, -0.1) is 0 Å². The number of Topliss-reactive ketones (excluding diaryl/α,β-unsaturated/α-hetero) is 1. The van der Waals surface area contributed by atoms with Crippen LogP contribution in [-0.4, -0.2) is 18.9 Å². The Morgan fingerprint density at radius 3 is 2.09 bits per heavy atom. The Bertz CT molecular complexity index is 682. The Labute approximate surface area is 130 Å². The van der Waals surface area contributed by atoms with Crippen LogP contribution in [0, 0.1) is 0 Å². The van der Waals surface area contributed by atoms with E-state index in [1.807, 2.05) is 43.3 Å². The van der Waals surface area contributed by atoms with Crippen LogP contribution in [-0.2, 0) is 4.74 Å². The first kappa shape index (κ1) is 15.7. The summed E-state index contributed by atoms with van der Waals surface area (Å²) in [5, 5.41) is 0. The molecule has 112 valence electrons. The molecule has 0 amide bonds. The van der Waals surface area contributed by atoms with E-state index in [1.54, 1.807) is 24.3 Å². The van der Waals surface area contributed by atoms with Gasteiger partial charge in [0.05, 0.1) is 12.7 Å². The van der Waals surface area contributed by atoms with Gasteiger partial charge in [-0.25, -0.2) is 4.79 Å². The van der Waals surface area contributed by atoms with Crippen LogP contribution in [0.4, 0.5) is 0 Å². The molecule has 3 heteroatoms. The van der Waals surface area contributed by atoms with Crippen LogP contribution in [0.25, 0.3) is 5.57 Å². The zero-order valence-electron chi connectivity index (χ0n) is 12.7. The number of ketones is 1. The van der Waals surface area contributed by atoms with Gasteiger partial charge in [0, 0.05) is 12.0 Å². The zero-order chi connectivity index (χ0) is 15.9. The summed E-state index contributed by atoms with van der Waals surface area (Å²) in [6, 6.07) is 16.5. The molecular formula is C19H18O3. The maximum atomic E-state index is 12.2. The van der Waals surface area contributed by atoms with Crippen molar-refractivity contribution in [1.29, 1.82) is 0 Å². The van der Waals surface area contributed by atoms with Gasteiger partial charge < -0.3 is 4.74 Å². The summed E-state index contributed by atoms with van der Waals surface area (Å²) in [6.45, 7) is 1.99. The molecule has 0 bridgehead atoms. The normalized spacial score (nSPS) is 11.1. The molecule has 0 saturated heterocycles. The number of allylic oxidation sites excluding steroid dienone is 2. The average Bonchev–Trinajstić information content (AvgIpc) is 2.59. The van der Waals surface area contributed by atoms with E-state index in [0.29, 0.717) is 17.5 Å². The number of esters is 1. The first-order valence-corrected chi connectivity index (χ1v) is 7.05. The summed E-state index contributed by atoms with van der Waals surface area (Å²) in [4.78, 5) is 23.5. The molecule has 0 aromatic heterocycles. The second-order valence-electron chi connectivity index (χ2n) is 4.95. The highest BCUT2D eigenvalue weighted by Gasteiger charge is 2.08. The fraction of sp³-hybridized carbons (Fsp3) is 0.158. The van der Waals surface area contributed by atoms with Crippen molar-refractivity contribution in [2.75, 3.05) is 7.11 Å². The molecule has 2 aromatic rings. The number of carbonyl (C=O) groups excluding carboxylic acids is 2. The predicted octanol–water partition coefficient (Wildman–Crippen LogP) is 4.15. The fourth-order valence-corrected chi connectivity index (χ4v) is 2.09. The topological polar surface area (TPSA) is 43.4 Å². The SMILES string of the molecule is COC(=O)c1ccc(C(=O)C/C=C(\C)c2ccccc2)cc1. The quantitative estimate of drug-likeness (QED) is 0.614. The van der Waals surface area contributed by atoms with Gasteiger partial charge in [-0.1, -0.05) is 48.5 Å². The van der Waals surface area contributed by atoms with Crippen molar-refractivity contribution in [2.45, 2.75) is 13.3 Å². The van der Waals surface area contributed by atoms with Gasteiger partial charge in [-0.05, 0) is 30.2 Å². The van der Waals surface area contributed by atoms with Crippen LogP contribution in [0.15, 0.2) is 60.7 Å². The van der Waals surface area contributed by atoms with Gasteiger partial charge in [0.2, 0.25) is 0 Å². The van der Waals surface area contributed by atoms with Crippen molar-refractivity contribution in [3.63, 3.8) is 0 Å². The van der Waals surface area contributed by atoms with Crippen LogP contribution in [0.5, 0.6) is 0 Å². The Balaban J connectivity index is 2.05. The summed E-state index contributed by atoms with van der Waals surface area (Å²) in [5.74, 6) is -0.384. The van der Waals surface area contributed by atoms with Crippen molar-refractivity contribution in [3.8, 4) is 0 Å². The molecule has 0 radical (unpaired) electrons.